The van der Waals surface area contributed by atoms with Gasteiger partial charge in [0.15, 0.2) is 0 Å². The smallest absolute Gasteiger partial charge is 0.0946 e. The Bertz CT molecular complexity index is 310. The number of hydrogen-bond acceptors (Lipinski definition) is 2. The molecule has 1 fully saturated rings. The third-order valence-electron chi connectivity index (χ3n) is 3.53. The lowest BCUT2D eigenvalue weighted by atomic mass is 9.72. The monoisotopic (exact) mass is 206 g/mol. The minimum absolute atomic E-state index is 0.00588. The summed E-state index contributed by atoms with van der Waals surface area (Å²) >= 11 is 0. The highest BCUT2D eigenvalue weighted by Gasteiger charge is 2.39. The minimum atomic E-state index is -0.811. The summed E-state index contributed by atoms with van der Waals surface area (Å²) in [5.74, 6) is -0.00588. The van der Waals surface area contributed by atoms with Crippen LogP contribution in [0.25, 0.3) is 0 Å². The van der Waals surface area contributed by atoms with Crippen LogP contribution in [0.15, 0.2) is 30.3 Å². The molecule has 82 valence electrons. The van der Waals surface area contributed by atoms with Crippen LogP contribution in [-0.2, 0) is 5.60 Å². The van der Waals surface area contributed by atoms with Crippen molar-refractivity contribution in [2.75, 3.05) is 6.61 Å². The summed E-state index contributed by atoms with van der Waals surface area (Å²) in [7, 11) is 0. The second-order valence-corrected chi connectivity index (χ2v) is 4.42. The predicted molar refractivity (Wildman–Crippen MR) is 59.4 cm³/mol. The number of aliphatic hydroxyl groups is 2. The quantitative estimate of drug-likeness (QED) is 0.777. The van der Waals surface area contributed by atoms with E-state index in [9.17, 15) is 10.2 Å². The predicted octanol–water partition coefficient (Wildman–Crippen LogP) is 2.06. The van der Waals surface area contributed by atoms with Gasteiger partial charge in [-0.3, -0.25) is 0 Å². The zero-order valence-electron chi connectivity index (χ0n) is 8.89. The molecule has 1 aliphatic rings. The van der Waals surface area contributed by atoms with Crippen molar-refractivity contribution in [3.05, 3.63) is 35.9 Å². The van der Waals surface area contributed by atoms with Crippen LogP contribution in [0, 0.1) is 5.92 Å². The molecular weight excluding hydrogens is 188 g/mol. The fraction of sp³-hybridized carbons (Fsp3) is 0.538. The number of rotatable bonds is 2. The van der Waals surface area contributed by atoms with Crippen molar-refractivity contribution in [3.63, 3.8) is 0 Å². The Morgan fingerprint density at radius 1 is 1.20 bits per heavy atom. The highest BCUT2D eigenvalue weighted by molar-refractivity contribution is 5.23. The van der Waals surface area contributed by atoms with Crippen LogP contribution in [-0.4, -0.2) is 16.8 Å². The molecule has 0 spiro atoms. The molecule has 2 N–H and O–H groups in total. The molecule has 1 aromatic rings. The van der Waals surface area contributed by atoms with E-state index in [4.69, 9.17) is 0 Å². The van der Waals surface area contributed by atoms with Gasteiger partial charge in [-0.05, 0) is 18.4 Å². The summed E-state index contributed by atoms with van der Waals surface area (Å²) < 4.78 is 0. The van der Waals surface area contributed by atoms with Gasteiger partial charge in [0.25, 0.3) is 0 Å². The highest BCUT2D eigenvalue weighted by atomic mass is 16.3. The van der Waals surface area contributed by atoms with Gasteiger partial charge in [0.05, 0.1) is 5.60 Å². The van der Waals surface area contributed by atoms with Crippen molar-refractivity contribution in [1.82, 2.24) is 0 Å². The molecule has 0 unspecified atom stereocenters. The highest BCUT2D eigenvalue weighted by Crippen LogP contribution is 2.41. The van der Waals surface area contributed by atoms with E-state index in [-0.39, 0.29) is 12.5 Å². The van der Waals surface area contributed by atoms with E-state index in [0.29, 0.717) is 0 Å². The first-order valence-corrected chi connectivity index (χ1v) is 5.66. The van der Waals surface area contributed by atoms with Gasteiger partial charge in [0.2, 0.25) is 0 Å². The third kappa shape index (κ3) is 1.92. The summed E-state index contributed by atoms with van der Waals surface area (Å²) in [6.07, 6.45) is 3.84. The Hall–Kier alpha value is -0.860. The molecule has 0 heterocycles. The lowest BCUT2D eigenvalue weighted by Gasteiger charge is -2.39. The van der Waals surface area contributed by atoms with E-state index in [1.165, 1.54) is 0 Å². The van der Waals surface area contributed by atoms with Gasteiger partial charge in [-0.1, -0.05) is 43.2 Å². The van der Waals surface area contributed by atoms with Crippen LogP contribution in [0.4, 0.5) is 0 Å². The van der Waals surface area contributed by atoms with Gasteiger partial charge in [0, 0.05) is 12.5 Å². The molecule has 0 amide bonds. The molecule has 2 heteroatoms. The molecule has 1 aromatic carbocycles. The molecule has 2 nitrogen and oxygen atoms in total. The molecule has 2 rings (SSSR count). The molecule has 0 saturated heterocycles. The lowest BCUT2D eigenvalue weighted by Crippen LogP contribution is -2.39. The average molecular weight is 206 g/mol. The topological polar surface area (TPSA) is 40.5 Å². The summed E-state index contributed by atoms with van der Waals surface area (Å²) in [5, 5.41) is 20.0. The Kier molecular flexibility index (Phi) is 3.08. The van der Waals surface area contributed by atoms with Crippen LogP contribution in [0.2, 0.25) is 0 Å². The molecule has 0 radical (unpaired) electrons. The fourth-order valence-corrected chi connectivity index (χ4v) is 2.58. The zero-order chi connectivity index (χ0) is 10.7. The second-order valence-electron chi connectivity index (χ2n) is 4.42. The second kappa shape index (κ2) is 4.33. The summed E-state index contributed by atoms with van der Waals surface area (Å²) in [6.45, 7) is 0.0748. The first-order chi connectivity index (χ1) is 7.27. The van der Waals surface area contributed by atoms with Crippen molar-refractivity contribution in [2.24, 2.45) is 5.92 Å². The van der Waals surface area contributed by atoms with Gasteiger partial charge < -0.3 is 10.2 Å². The van der Waals surface area contributed by atoms with Crippen LogP contribution < -0.4 is 0 Å². The fourth-order valence-electron chi connectivity index (χ4n) is 2.58. The molecule has 0 aliphatic heterocycles. The van der Waals surface area contributed by atoms with Crippen LogP contribution in [0.5, 0.6) is 0 Å². The Labute approximate surface area is 90.6 Å². The van der Waals surface area contributed by atoms with Crippen molar-refractivity contribution >= 4 is 0 Å². The summed E-state index contributed by atoms with van der Waals surface area (Å²) in [4.78, 5) is 0. The van der Waals surface area contributed by atoms with Crippen molar-refractivity contribution in [1.29, 1.82) is 0 Å². The van der Waals surface area contributed by atoms with Crippen LogP contribution in [0.3, 0.4) is 0 Å². The molecule has 1 saturated carbocycles. The normalized spacial score (nSPS) is 31.5. The third-order valence-corrected chi connectivity index (χ3v) is 3.53. The number of aliphatic hydroxyl groups excluding tert-OH is 1. The maximum Gasteiger partial charge on any atom is 0.0946 e. The molecule has 2 atom stereocenters. The Balaban J connectivity index is 2.30. The molecular formula is C13H18O2. The zero-order valence-corrected chi connectivity index (χ0v) is 8.89. The largest absolute Gasteiger partial charge is 0.396 e. The molecule has 0 aromatic heterocycles. The average Bonchev–Trinajstić information content (AvgIpc) is 2.31. The maximum atomic E-state index is 10.6. The van der Waals surface area contributed by atoms with Gasteiger partial charge in [-0.15, -0.1) is 0 Å². The molecule has 15 heavy (non-hydrogen) atoms. The standard InChI is InChI=1S/C13H18O2/c14-10-12-8-4-5-9-13(12,15)11-6-2-1-3-7-11/h1-3,6-7,12,14-15H,4-5,8-10H2/t12-,13+/m1/s1. The van der Waals surface area contributed by atoms with Gasteiger partial charge in [0.1, 0.15) is 0 Å². The van der Waals surface area contributed by atoms with E-state index in [1.807, 2.05) is 30.3 Å². The van der Waals surface area contributed by atoms with E-state index < -0.39 is 5.60 Å². The Morgan fingerprint density at radius 2 is 1.93 bits per heavy atom. The van der Waals surface area contributed by atoms with Crippen molar-refractivity contribution < 1.29 is 10.2 Å². The van der Waals surface area contributed by atoms with Gasteiger partial charge in [-0.2, -0.15) is 0 Å². The first-order valence-electron chi connectivity index (χ1n) is 5.66. The number of hydrogen-bond donors (Lipinski definition) is 2. The number of benzene rings is 1. The van der Waals surface area contributed by atoms with Crippen molar-refractivity contribution in [2.45, 2.75) is 31.3 Å². The minimum Gasteiger partial charge on any atom is -0.396 e. The van der Waals surface area contributed by atoms with Crippen LogP contribution in [0.1, 0.15) is 31.2 Å². The lowest BCUT2D eigenvalue weighted by molar-refractivity contribution is -0.0729. The van der Waals surface area contributed by atoms with E-state index in [0.717, 1.165) is 31.2 Å². The summed E-state index contributed by atoms with van der Waals surface area (Å²) in [5.41, 5.74) is 0.137. The van der Waals surface area contributed by atoms with Crippen molar-refractivity contribution in [3.8, 4) is 0 Å². The summed E-state index contributed by atoms with van der Waals surface area (Å²) in [6, 6.07) is 9.73. The van der Waals surface area contributed by atoms with Gasteiger partial charge >= 0.3 is 0 Å². The first kappa shape index (κ1) is 10.7. The molecule has 0 bridgehead atoms. The molecule has 1 aliphatic carbocycles. The van der Waals surface area contributed by atoms with Crippen LogP contribution >= 0.6 is 0 Å². The maximum absolute atomic E-state index is 10.6. The van der Waals surface area contributed by atoms with E-state index in [2.05, 4.69) is 0 Å². The van der Waals surface area contributed by atoms with E-state index >= 15 is 0 Å². The van der Waals surface area contributed by atoms with E-state index in [1.54, 1.807) is 0 Å². The Morgan fingerprint density at radius 3 is 2.60 bits per heavy atom. The van der Waals surface area contributed by atoms with Gasteiger partial charge in [-0.25, -0.2) is 0 Å². The SMILES string of the molecule is OC[C@H]1CCCC[C@]1(O)c1ccccc1.